The highest BCUT2D eigenvalue weighted by Crippen LogP contribution is 2.27. The number of thioether (sulfide) groups is 1. The lowest BCUT2D eigenvalue weighted by atomic mass is 10.2. The van der Waals surface area contributed by atoms with Crippen molar-refractivity contribution in [1.29, 1.82) is 0 Å². The first-order valence-electron chi connectivity index (χ1n) is 6.14. The van der Waals surface area contributed by atoms with E-state index in [0.29, 0.717) is 0 Å². The second-order valence-corrected chi connectivity index (χ2v) is 8.25. The Bertz CT molecular complexity index is 629. The monoisotopic (exact) mass is 333 g/mol. The maximum Gasteiger partial charge on any atom is 0.292 e. The van der Waals surface area contributed by atoms with Crippen molar-refractivity contribution < 1.29 is 13.3 Å². The number of anilines is 1. The molecule has 0 bridgehead atoms. The van der Waals surface area contributed by atoms with Crippen molar-refractivity contribution in [3.8, 4) is 0 Å². The molecule has 0 saturated heterocycles. The molecule has 0 aromatic heterocycles. The molecule has 0 heterocycles. The van der Waals surface area contributed by atoms with Crippen molar-refractivity contribution in [2.75, 3.05) is 25.2 Å². The Morgan fingerprint density at radius 3 is 2.48 bits per heavy atom. The van der Waals surface area contributed by atoms with E-state index >= 15 is 0 Å². The van der Waals surface area contributed by atoms with Crippen LogP contribution in [0.2, 0.25) is 0 Å². The molecule has 0 fully saturated rings. The third-order valence-corrected chi connectivity index (χ3v) is 5.63. The second-order valence-electron chi connectivity index (χ2n) is 4.97. The first kappa shape index (κ1) is 17.7. The highest BCUT2D eigenvalue weighted by Gasteiger charge is 2.23. The Kier molecular flexibility index (Phi) is 5.60. The van der Waals surface area contributed by atoms with Crippen LogP contribution < -0.4 is 10.0 Å². The molecule has 7 nitrogen and oxygen atoms in total. The summed E-state index contributed by atoms with van der Waals surface area (Å²) in [7, 11) is -2.20. The number of hydrogen-bond acceptors (Lipinski definition) is 6. The summed E-state index contributed by atoms with van der Waals surface area (Å²) in [5, 5.41) is 13.5. The summed E-state index contributed by atoms with van der Waals surface area (Å²) in [6.07, 6.45) is 1.90. The van der Waals surface area contributed by atoms with Gasteiger partial charge >= 0.3 is 0 Å². The molecule has 0 radical (unpaired) electrons. The zero-order chi connectivity index (χ0) is 16.3. The van der Waals surface area contributed by atoms with Crippen molar-refractivity contribution in [3.05, 3.63) is 28.3 Å². The van der Waals surface area contributed by atoms with Crippen molar-refractivity contribution in [2.24, 2.45) is 0 Å². The van der Waals surface area contributed by atoms with Crippen LogP contribution in [0.1, 0.15) is 13.8 Å². The van der Waals surface area contributed by atoms with E-state index in [0.717, 1.165) is 0 Å². The predicted octanol–water partition coefficient (Wildman–Crippen LogP) is 2.06. The molecular weight excluding hydrogens is 314 g/mol. The molecule has 2 N–H and O–H groups in total. The fraction of sp³-hybridized carbons (Fsp3) is 0.500. The van der Waals surface area contributed by atoms with Crippen LogP contribution in [-0.4, -0.2) is 37.9 Å². The van der Waals surface area contributed by atoms with Gasteiger partial charge in [-0.2, -0.15) is 11.8 Å². The quantitative estimate of drug-likeness (QED) is 0.585. The summed E-state index contributed by atoms with van der Waals surface area (Å²) < 4.78 is 26.7. The van der Waals surface area contributed by atoms with E-state index in [1.54, 1.807) is 11.8 Å². The Balaban J connectivity index is 3.07. The number of benzene rings is 1. The Morgan fingerprint density at radius 1 is 1.38 bits per heavy atom. The molecule has 0 spiro atoms. The number of rotatable bonds is 7. The number of hydrogen-bond donors (Lipinski definition) is 2. The number of nitro benzene ring substituents is 1. The molecule has 1 rings (SSSR count). The average molecular weight is 333 g/mol. The molecule has 21 heavy (non-hydrogen) atoms. The third-order valence-electron chi connectivity index (χ3n) is 2.98. The maximum absolute atomic E-state index is 12.2. The summed E-state index contributed by atoms with van der Waals surface area (Å²) in [5.74, 6) is 0. The molecule has 0 aliphatic carbocycles. The molecule has 1 aromatic rings. The van der Waals surface area contributed by atoms with Gasteiger partial charge in [-0.1, -0.05) is 0 Å². The molecule has 118 valence electrons. The first-order chi connectivity index (χ1) is 9.63. The second kappa shape index (κ2) is 6.63. The van der Waals surface area contributed by atoms with E-state index < -0.39 is 14.9 Å². The van der Waals surface area contributed by atoms with Gasteiger partial charge in [-0.25, -0.2) is 13.1 Å². The van der Waals surface area contributed by atoms with E-state index in [9.17, 15) is 18.5 Å². The largest absolute Gasteiger partial charge is 0.383 e. The van der Waals surface area contributed by atoms with Crippen molar-refractivity contribution in [3.63, 3.8) is 0 Å². The Hall–Kier alpha value is -1.32. The average Bonchev–Trinajstić information content (AvgIpc) is 2.44. The van der Waals surface area contributed by atoms with Gasteiger partial charge in [0.2, 0.25) is 10.0 Å². The lowest BCUT2D eigenvalue weighted by Crippen LogP contribution is -2.36. The number of nitrogens with zero attached hydrogens (tertiary/aromatic N) is 1. The fourth-order valence-corrected chi connectivity index (χ4v) is 3.01. The van der Waals surface area contributed by atoms with Crippen LogP contribution >= 0.6 is 11.8 Å². The highest BCUT2D eigenvalue weighted by atomic mass is 32.2. The normalized spacial score (nSPS) is 12.2. The Labute approximate surface area is 128 Å². The minimum atomic E-state index is -3.70. The minimum absolute atomic E-state index is 0.00523. The summed E-state index contributed by atoms with van der Waals surface area (Å²) in [5.41, 5.74) is -0.00658. The SMILES string of the molecule is CNc1cc(S(=O)(=O)NCC(C)(C)SC)ccc1[N+](=O)[O-]. The van der Waals surface area contributed by atoms with Crippen LogP contribution in [0, 0.1) is 10.1 Å². The molecular formula is C12H19N3O4S2. The minimum Gasteiger partial charge on any atom is -0.383 e. The fourth-order valence-electron chi connectivity index (χ4n) is 1.47. The first-order valence-corrected chi connectivity index (χ1v) is 8.85. The molecule has 1 aromatic carbocycles. The van der Waals surface area contributed by atoms with Crippen LogP contribution in [0.4, 0.5) is 11.4 Å². The van der Waals surface area contributed by atoms with Crippen LogP contribution in [0.5, 0.6) is 0 Å². The van der Waals surface area contributed by atoms with Gasteiger partial charge in [-0.05, 0) is 32.2 Å². The molecule has 0 atom stereocenters. The van der Waals surface area contributed by atoms with Gasteiger partial charge < -0.3 is 5.32 Å². The van der Waals surface area contributed by atoms with Crippen molar-refractivity contribution in [2.45, 2.75) is 23.5 Å². The van der Waals surface area contributed by atoms with E-state index in [2.05, 4.69) is 10.0 Å². The van der Waals surface area contributed by atoms with Crippen LogP contribution in [0.25, 0.3) is 0 Å². The smallest absolute Gasteiger partial charge is 0.292 e. The zero-order valence-corrected chi connectivity index (χ0v) is 14.0. The standard InChI is InChI=1S/C12H19N3O4S2/c1-12(2,20-4)8-14-21(18,19)9-5-6-11(15(16)17)10(7-9)13-3/h5-7,13-14H,8H2,1-4H3. The molecule has 0 saturated carbocycles. The summed E-state index contributed by atoms with van der Waals surface area (Å²) in [6, 6.07) is 3.67. The van der Waals surface area contributed by atoms with Gasteiger partial charge in [0, 0.05) is 24.4 Å². The molecule has 9 heteroatoms. The van der Waals surface area contributed by atoms with Gasteiger partial charge in [0.05, 0.1) is 9.82 Å². The van der Waals surface area contributed by atoms with E-state index in [1.165, 1.54) is 25.2 Å². The van der Waals surface area contributed by atoms with Gasteiger partial charge in [0.15, 0.2) is 0 Å². The number of sulfonamides is 1. The van der Waals surface area contributed by atoms with E-state index in [1.807, 2.05) is 20.1 Å². The van der Waals surface area contributed by atoms with Crippen LogP contribution in [0.15, 0.2) is 23.1 Å². The van der Waals surface area contributed by atoms with Gasteiger partial charge in [0.25, 0.3) is 5.69 Å². The summed E-state index contributed by atoms with van der Waals surface area (Å²) in [6.45, 7) is 4.12. The van der Waals surface area contributed by atoms with Gasteiger partial charge in [-0.15, -0.1) is 0 Å². The lowest BCUT2D eigenvalue weighted by molar-refractivity contribution is -0.384. The van der Waals surface area contributed by atoms with E-state index in [-0.39, 0.29) is 27.6 Å². The van der Waals surface area contributed by atoms with Crippen LogP contribution in [0.3, 0.4) is 0 Å². The topological polar surface area (TPSA) is 101 Å². The highest BCUT2D eigenvalue weighted by molar-refractivity contribution is 8.00. The van der Waals surface area contributed by atoms with Gasteiger partial charge in [0.1, 0.15) is 5.69 Å². The Morgan fingerprint density at radius 2 is 2.00 bits per heavy atom. The van der Waals surface area contributed by atoms with Crippen LogP contribution in [-0.2, 0) is 10.0 Å². The predicted molar refractivity (Wildman–Crippen MR) is 85.4 cm³/mol. The summed E-state index contributed by atoms with van der Waals surface area (Å²) in [4.78, 5) is 10.3. The van der Waals surface area contributed by atoms with Gasteiger partial charge in [-0.3, -0.25) is 10.1 Å². The van der Waals surface area contributed by atoms with Crippen molar-refractivity contribution >= 4 is 33.2 Å². The lowest BCUT2D eigenvalue weighted by Gasteiger charge is -2.22. The number of nitro groups is 1. The molecule has 0 amide bonds. The van der Waals surface area contributed by atoms with E-state index in [4.69, 9.17) is 0 Å². The zero-order valence-electron chi connectivity index (χ0n) is 12.3. The maximum atomic E-state index is 12.2. The third kappa shape index (κ3) is 4.58. The number of nitrogens with one attached hydrogen (secondary N) is 2. The molecule has 0 unspecified atom stereocenters. The summed E-state index contributed by atoms with van der Waals surface area (Å²) >= 11 is 1.55. The molecule has 0 aliphatic heterocycles. The van der Waals surface area contributed by atoms with Crippen molar-refractivity contribution in [1.82, 2.24) is 4.72 Å². The molecule has 0 aliphatic rings.